The Morgan fingerprint density at radius 1 is 1.11 bits per heavy atom. The molecule has 10 nitrogen and oxygen atoms in total. The maximum absolute atomic E-state index is 12.9. The highest BCUT2D eigenvalue weighted by Crippen LogP contribution is 2.36. The van der Waals surface area contributed by atoms with Crippen LogP contribution in [0.2, 0.25) is 5.02 Å². The van der Waals surface area contributed by atoms with E-state index >= 15 is 0 Å². The molecule has 1 aliphatic rings. The maximum atomic E-state index is 12.9. The fourth-order valence-corrected chi connectivity index (χ4v) is 4.72. The first-order valence-corrected chi connectivity index (χ1v) is 11.7. The molecule has 2 heterocycles. The smallest absolute Gasteiger partial charge is 0.261 e. The van der Waals surface area contributed by atoms with Gasteiger partial charge in [-0.3, -0.25) is 19.7 Å². The van der Waals surface area contributed by atoms with E-state index in [2.05, 4.69) is 20.8 Å². The predicted octanol–water partition coefficient (Wildman–Crippen LogP) is 3.94. The van der Waals surface area contributed by atoms with E-state index in [0.29, 0.717) is 29.4 Å². The lowest BCUT2D eigenvalue weighted by atomic mass is 10.1. The molecule has 1 fully saturated rings. The number of hydrogen-bond acceptors (Lipinski definition) is 8. The second-order valence-corrected chi connectivity index (χ2v) is 9.13. The highest BCUT2D eigenvalue weighted by Gasteiger charge is 2.34. The van der Waals surface area contributed by atoms with E-state index in [1.54, 1.807) is 24.1 Å². The molecule has 0 saturated carbocycles. The number of nitrogens with one attached hydrogen (secondary N) is 2. The zero-order chi connectivity index (χ0) is 25.1. The van der Waals surface area contributed by atoms with Gasteiger partial charge in [0.15, 0.2) is 0 Å². The largest absolute Gasteiger partial charge is 0.497 e. The molecular formula is C23H22ClN5O5S. The zero-order valence-corrected chi connectivity index (χ0v) is 20.7. The molecule has 12 heteroatoms. The van der Waals surface area contributed by atoms with Crippen LogP contribution in [0.25, 0.3) is 0 Å². The van der Waals surface area contributed by atoms with E-state index in [1.807, 2.05) is 12.1 Å². The van der Waals surface area contributed by atoms with Gasteiger partial charge in [0.2, 0.25) is 16.9 Å². The van der Waals surface area contributed by atoms with Crippen molar-refractivity contribution in [2.24, 2.45) is 0 Å². The van der Waals surface area contributed by atoms with E-state index in [4.69, 9.17) is 21.1 Å². The molecule has 0 radical (unpaired) electrons. The number of rotatable bonds is 7. The number of nitrogens with zero attached hydrogens (tertiary/aromatic N) is 3. The third-order valence-corrected chi connectivity index (χ3v) is 6.68. The fourth-order valence-electron chi connectivity index (χ4n) is 3.68. The normalized spacial score (nSPS) is 15.1. The molecule has 1 aliphatic heterocycles. The number of hydrogen-bond donors (Lipinski definition) is 2. The Bertz CT molecular complexity index is 1280. The molecule has 1 unspecified atom stereocenters. The summed E-state index contributed by atoms with van der Waals surface area (Å²) < 4.78 is 10.5. The molecule has 1 aromatic heterocycles. The van der Waals surface area contributed by atoms with Crippen molar-refractivity contribution in [3.63, 3.8) is 0 Å². The zero-order valence-electron chi connectivity index (χ0n) is 19.1. The summed E-state index contributed by atoms with van der Waals surface area (Å²) in [6.45, 7) is 1.81. The van der Waals surface area contributed by atoms with Crippen LogP contribution in [0.4, 0.5) is 16.5 Å². The first-order chi connectivity index (χ1) is 16.8. The van der Waals surface area contributed by atoms with Crippen LogP contribution >= 0.6 is 22.9 Å². The van der Waals surface area contributed by atoms with E-state index in [9.17, 15) is 14.4 Å². The van der Waals surface area contributed by atoms with Gasteiger partial charge in [-0.05, 0) is 30.3 Å². The number of aromatic nitrogens is 2. The summed E-state index contributed by atoms with van der Waals surface area (Å²) in [5, 5.41) is 14.7. The lowest BCUT2D eigenvalue weighted by molar-refractivity contribution is -0.117. The molecule has 2 aromatic carbocycles. The van der Waals surface area contributed by atoms with E-state index in [-0.39, 0.29) is 39.2 Å². The minimum Gasteiger partial charge on any atom is -0.497 e. The number of benzene rings is 2. The van der Waals surface area contributed by atoms with Gasteiger partial charge in [0.25, 0.3) is 5.91 Å². The van der Waals surface area contributed by atoms with Crippen molar-refractivity contribution < 1.29 is 23.9 Å². The topological polar surface area (TPSA) is 123 Å². The Kier molecular flexibility index (Phi) is 7.17. The van der Waals surface area contributed by atoms with Crippen molar-refractivity contribution >= 4 is 57.2 Å². The first kappa shape index (κ1) is 24.4. The molecule has 3 amide bonds. The highest BCUT2D eigenvalue weighted by molar-refractivity contribution is 7.15. The van der Waals surface area contributed by atoms with Crippen LogP contribution in [0.5, 0.6) is 11.5 Å². The van der Waals surface area contributed by atoms with E-state index in [0.717, 1.165) is 5.69 Å². The monoisotopic (exact) mass is 515 g/mol. The van der Waals surface area contributed by atoms with Gasteiger partial charge >= 0.3 is 0 Å². The third kappa shape index (κ3) is 5.36. The third-order valence-electron chi connectivity index (χ3n) is 5.36. The predicted molar refractivity (Wildman–Crippen MR) is 133 cm³/mol. The van der Waals surface area contributed by atoms with Crippen molar-refractivity contribution in [1.82, 2.24) is 10.2 Å². The van der Waals surface area contributed by atoms with Crippen LogP contribution in [-0.2, 0) is 9.59 Å². The van der Waals surface area contributed by atoms with Crippen LogP contribution in [-0.4, -0.2) is 48.7 Å². The summed E-state index contributed by atoms with van der Waals surface area (Å²) in [7, 11) is 3.00. The van der Waals surface area contributed by atoms with Crippen LogP contribution in [0.3, 0.4) is 0 Å². The molecule has 3 aromatic rings. The molecule has 0 bridgehead atoms. The van der Waals surface area contributed by atoms with Gasteiger partial charge in [0.1, 0.15) is 16.5 Å². The summed E-state index contributed by atoms with van der Waals surface area (Å²) in [6.07, 6.45) is 0.294. The number of anilines is 3. The Balaban J connectivity index is 1.46. The molecule has 2 N–H and O–H groups in total. The van der Waals surface area contributed by atoms with Gasteiger partial charge in [-0.15, -0.1) is 10.2 Å². The van der Waals surface area contributed by atoms with Crippen LogP contribution < -0.4 is 25.0 Å². The van der Waals surface area contributed by atoms with Crippen molar-refractivity contribution in [2.75, 3.05) is 36.3 Å². The van der Waals surface area contributed by atoms with Crippen molar-refractivity contribution in [2.45, 2.75) is 19.3 Å². The second-order valence-electron chi connectivity index (χ2n) is 7.72. The maximum Gasteiger partial charge on any atom is 0.261 e. The van der Waals surface area contributed by atoms with Crippen LogP contribution in [0.15, 0.2) is 36.4 Å². The average Bonchev–Trinajstić information content (AvgIpc) is 3.46. The van der Waals surface area contributed by atoms with Crippen molar-refractivity contribution in [3.8, 4) is 11.5 Å². The van der Waals surface area contributed by atoms with Crippen molar-refractivity contribution in [3.05, 3.63) is 52.0 Å². The SMILES string of the molecule is COc1ccc(N2CC(c3nnc(NC(=O)c4cc(Cl)c(NC(C)=O)cc4OC)s3)CC2=O)cc1. The molecule has 1 saturated heterocycles. The fraction of sp³-hybridized carbons (Fsp3) is 0.261. The Morgan fingerprint density at radius 2 is 1.86 bits per heavy atom. The second kappa shape index (κ2) is 10.3. The van der Waals surface area contributed by atoms with Gasteiger partial charge in [-0.25, -0.2) is 0 Å². The van der Waals surface area contributed by atoms with E-state index in [1.165, 1.54) is 37.5 Å². The number of methoxy groups -OCH3 is 2. The average molecular weight is 516 g/mol. The Morgan fingerprint density at radius 3 is 2.51 bits per heavy atom. The molecule has 35 heavy (non-hydrogen) atoms. The molecule has 182 valence electrons. The molecule has 0 aliphatic carbocycles. The summed E-state index contributed by atoms with van der Waals surface area (Å²) in [5.74, 6) is -0.0130. The van der Waals surface area contributed by atoms with Gasteiger partial charge in [-0.1, -0.05) is 22.9 Å². The summed E-state index contributed by atoms with van der Waals surface area (Å²) in [4.78, 5) is 38.5. The van der Waals surface area contributed by atoms with E-state index < -0.39 is 5.91 Å². The molecule has 4 rings (SSSR count). The summed E-state index contributed by atoms with van der Waals surface area (Å²) in [6, 6.07) is 10.2. The number of carbonyl (C=O) groups excluding carboxylic acids is 3. The Hall–Kier alpha value is -3.70. The minimum absolute atomic E-state index is 0.0143. The number of ether oxygens (including phenoxy) is 2. The van der Waals surface area contributed by atoms with Gasteiger partial charge < -0.3 is 19.7 Å². The van der Waals surface area contributed by atoms with Crippen LogP contribution in [0.1, 0.15) is 34.6 Å². The molecule has 0 spiro atoms. The van der Waals surface area contributed by atoms with Crippen molar-refractivity contribution in [1.29, 1.82) is 0 Å². The highest BCUT2D eigenvalue weighted by atomic mass is 35.5. The van der Waals surface area contributed by atoms with Gasteiger partial charge in [-0.2, -0.15) is 0 Å². The molecular weight excluding hydrogens is 494 g/mol. The Labute approximate surface area is 210 Å². The quantitative estimate of drug-likeness (QED) is 0.488. The van der Waals surface area contributed by atoms with Crippen LogP contribution in [0, 0.1) is 0 Å². The number of amides is 3. The lowest BCUT2D eigenvalue weighted by Crippen LogP contribution is -2.24. The summed E-state index contributed by atoms with van der Waals surface area (Å²) >= 11 is 7.42. The minimum atomic E-state index is -0.497. The first-order valence-electron chi connectivity index (χ1n) is 10.5. The van der Waals surface area contributed by atoms with Gasteiger partial charge in [0.05, 0.1) is 30.5 Å². The number of carbonyl (C=O) groups is 3. The summed E-state index contributed by atoms with van der Waals surface area (Å²) in [5.41, 5.74) is 1.28. The lowest BCUT2D eigenvalue weighted by Gasteiger charge is -2.16. The number of halogens is 1. The van der Waals surface area contributed by atoms with Gasteiger partial charge in [0, 0.05) is 37.6 Å². The standard InChI is InChI=1S/C23H22ClN5O5S/c1-12(30)25-18-10-19(34-3)16(9-17(18)24)21(32)26-23-28-27-22(35-23)13-8-20(31)29(11-13)14-4-6-15(33-2)7-5-14/h4-7,9-10,13H,8,11H2,1-3H3,(H,25,30)(H,26,28,32). The molecule has 1 atom stereocenters.